The van der Waals surface area contributed by atoms with E-state index in [9.17, 15) is 0 Å². The molecule has 2 aromatic carbocycles. The fourth-order valence-corrected chi connectivity index (χ4v) is 14.8. The Balaban J connectivity index is 2.18. The van der Waals surface area contributed by atoms with Crippen LogP contribution in [0.3, 0.4) is 0 Å². The molecule has 0 unspecified atom stereocenters. The van der Waals surface area contributed by atoms with Crippen molar-refractivity contribution in [1.82, 2.24) is 0 Å². The van der Waals surface area contributed by atoms with Gasteiger partial charge in [-0.2, -0.15) is 0 Å². The van der Waals surface area contributed by atoms with Crippen molar-refractivity contribution in [2.24, 2.45) is 0 Å². The first-order valence-corrected chi connectivity index (χ1v) is 19.1. The molecule has 0 aliphatic carbocycles. The van der Waals surface area contributed by atoms with E-state index in [4.69, 9.17) is 0 Å². The van der Waals surface area contributed by atoms with Gasteiger partial charge in [-0.1, -0.05) is 0 Å². The van der Waals surface area contributed by atoms with Crippen LogP contribution in [0.1, 0.15) is 102 Å². The molecule has 0 bridgehead atoms. The summed E-state index contributed by atoms with van der Waals surface area (Å²) < 4.78 is -1.95. The molecule has 0 atom stereocenters. The Labute approximate surface area is 212 Å². The predicted molar refractivity (Wildman–Crippen MR) is 158 cm³/mol. The summed E-state index contributed by atoms with van der Waals surface area (Å²) in [7, 11) is 0. The Kier molecular flexibility index (Phi) is 13.5. The molecule has 0 saturated heterocycles. The summed E-state index contributed by atoms with van der Waals surface area (Å²) in [6.07, 6.45) is 22.4. The molecule has 0 saturated carbocycles. The summed E-state index contributed by atoms with van der Waals surface area (Å²) >= 11 is 3.08. The van der Waals surface area contributed by atoms with Gasteiger partial charge in [0.25, 0.3) is 0 Å². The van der Waals surface area contributed by atoms with Crippen molar-refractivity contribution >= 4 is 26.3 Å². The van der Waals surface area contributed by atoms with Gasteiger partial charge in [0, 0.05) is 0 Å². The van der Waals surface area contributed by atoms with E-state index in [0.29, 0.717) is 0 Å². The second-order valence-corrected chi connectivity index (χ2v) is 23.4. The van der Waals surface area contributed by atoms with Crippen molar-refractivity contribution in [3.63, 3.8) is 0 Å². The van der Waals surface area contributed by atoms with Gasteiger partial charge in [-0.05, 0) is 0 Å². The van der Waals surface area contributed by atoms with Gasteiger partial charge in [-0.3, -0.25) is 0 Å². The van der Waals surface area contributed by atoms with Gasteiger partial charge in [0.05, 0.1) is 0 Å². The maximum absolute atomic E-state index is 3.08. The van der Waals surface area contributed by atoms with E-state index in [1.807, 2.05) is 0 Å². The summed E-state index contributed by atoms with van der Waals surface area (Å²) in [5.74, 6) is 0. The van der Waals surface area contributed by atoms with Crippen molar-refractivity contribution in [2.75, 3.05) is 12.3 Å². The predicted octanol–water partition coefficient (Wildman–Crippen LogP) is 11.0. The van der Waals surface area contributed by atoms with Gasteiger partial charge in [-0.15, -0.1) is 0 Å². The standard InChI is InChI=1S/C30H48IP/c1-3-5-7-9-11-19-25-32(31,26-20-12-10-8-6-4-2,27-29-21-15-13-16-22-29)28-30-23-17-14-18-24-30/h13-18,21-24H,3-12,19-20,25-28H2,1-2H3. The van der Waals surface area contributed by atoms with Gasteiger partial charge in [0.15, 0.2) is 0 Å². The fourth-order valence-electron chi connectivity index (χ4n) is 5.14. The third kappa shape index (κ3) is 10.7. The summed E-state index contributed by atoms with van der Waals surface area (Å²) in [6.45, 7) is 4.63. The molecule has 0 nitrogen and oxygen atoms in total. The minimum atomic E-state index is -1.95. The van der Waals surface area contributed by atoms with Gasteiger partial charge >= 0.3 is 214 Å². The molecule has 2 heteroatoms. The Bertz CT molecular complexity index is 651. The molecular formula is C30H48IP. The van der Waals surface area contributed by atoms with E-state index < -0.39 is 4.25 Å². The summed E-state index contributed by atoms with van der Waals surface area (Å²) in [6, 6.07) is 22.8. The number of hydrogen-bond donors (Lipinski definition) is 0. The zero-order chi connectivity index (χ0) is 23.0. The van der Waals surface area contributed by atoms with Crippen LogP contribution in [0.25, 0.3) is 0 Å². The Morgan fingerprint density at radius 2 is 0.844 bits per heavy atom. The molecule has 2 aromatic rings. The number of halogens is 1. The quantitative estimate of drug-likeness (QED) is 0.0957. The normalized spacial score (nSPS) is 13.0. The van der Waals surface area contributed by atoms with Crippen molar-refractivity contribution in [2.45, 2.75) is 103 Å². The second-order valence-electron chi connectivity index (χ2n) is 10.1. The van der Waals surface area contributed by atoms with Crippen LogP contribution in [0.15, 0.2) is 60.7 Å². The molecule has 0 spiro atoms. The third-order valence-corrected chi connectivity index (χ3v) is 17.1. The Morgan fingerprint density at radius 1 is 0.500 bits per heavy atom. The zero-order valence-corrected chi connectivity index (χ0v) is 24.0. The zero-order valence-electron chi connectivity index (χ0n) is 20.9. The molecule has 0 aliphatic heterocycles. The van der Waals surface area contributed by atoms with Crippen molar-refractivity contribution in [1.29, 1.82) is 0 Å². The van der Waals surface area contributed by atoms with Crippen LogP contribution >= 0.6 is 26.3 Å². The summed E-state index contributed by atoms with van der Waals surface area (Å²) in [4.78, 5) is 0. The van der Waals surface area contributed by atoms with Crippen LogP contribution < -0.4 is 0 Å². The van der Waals surface area contributed by atoms with E-state index in [1.54, 1.807) is 11.1 Å². The topological polar surface area (TPSA) is 0 Å². The van der Waals surface area contributed by atoms with Gasteiger partial charge in [0.2, 0.25) is 0 Å². The first-order valence-electron chi connectivity index (χ1n) is 13.4. The Hall–Kier alpha value is -0.400. The number of benzene rings is 2. The average molecular weight is 567 g/mol. The molecule has 180 valence electrons. The second kappa shape index (κ2) is 15.5. The SMILES string of the molecule is CCCCCCCCP(I)(CCCCCCCC)(Cc1ccccc1)Cc1ccccc1. The molecule has 0 N–H and O–H groups in total. The molecule has 0 heterocycles. The molecule has 0 fully saturated rings. The Morgan fingerprint density at radius 3 is 1.22 bits per heavy atom. The molecule has 0 aliphatic rings. The van der Waals surface area contributed by atoms with Gasteiger partial charge in [0.1, 0.15) is 0 Å². The molecular weight excluding hydrogens is 518 g/mol. The maximum atomic E-state index is 3.08. The summed E-state index contributed by atoms with van der Waals surface area (Å²) in [5, 5.41) is 0. The third-order valence-electron chi connectivity index (χ3n) is 6.98. The number of rotatable bonds is 18. The van der Waals surface area contributed by atoms with Gasteiger partial charge in [-0.25, -0.2) is 0 Å². The van der Waals surface area contributed by atoms with E-state index in [-0.39, 0.29) is 0 Å². The fraction of sp³-hybridized carbons (Fsp3) is 0.600. The van der Waals surface area contributed by atoms with Crippen LogP contribution in [0.4, 0.5) is 0 Å². The van der Waals surface area contributed by atoms with E-state index in [2.05, 4.69) is 96.6 Å². The van der Waals surface area contributed by atoms with Crippen LogP contribution in [-0.2, 0) is 12.3 Å². The number of hydrogen-bond acceptors (Lipinski definition) is 0. The van der Waals surface area contributed by atoms with Gasteiger partial charge < -0.3 is 0 Å². The van der Waals surface area contributed by atoms with E-state index >= 15 is 0 Å². The first kappa shape index (κ1) is 27.8. The van der Waals surface area contributed by atoms with Crippen molar-refractivity contribution < 1.29 is 0 Å². The summed E-state index contributed by atoms with van der Waals surface area (Å²) in [5.41, 5.74) is 3.12. The van der Waals surface area contributed by atoms with Crippen LogP contribution in [0.2, 0.25) is 0 Å². The molecule has 0 aromatic heterocycles. The van der Waals surface area contributed by atoms with E-state index in [1.165, 1.54) is 102 Å². The monoisotopic (exact) mass is 566 g/mol. The molecule has 2 rings (SSSR count). The molecule has 0 amide bonds. The number of unbranched alkanes of at least 4 members (excludes halogenated alkanes) is 10. The van der Waals surface area contributed by atoms with Crippen LogP contribution in [-0.4, -0.2) is 12.3 Å². The minimum absolute atomic E-state index is 1.31. The van der Waals surface area contributed by atoms with Crippen LogP contribution in [0, 0.1) is 0 Å². The first-order chi connectivity index (χ1) is 15.6. The van der Waals surface area contributed by atoms with Crippen molar-refractivity contribution in [3.05, 3.63) is 71.8 Å². The van der Waals surface area contributed by atoms with Crippen LogP contribution in [0.5, 0.6) is 0 Å². The molecule has 0 radical (unpaired) electrons. The molecule has 32 heavy (non-hydrogen) atoms. The van der Waals surface area contributed by atoms with E-state index in [0.717, 1.165) is 0 Å². The average Bonchev–Trinajstić information content (AvgIpc) is 2.80. The van der Waals surface area contributed by atoms with Crippen molar-refractivity contribution in [3.8, 4) is 0 Å².